The van der Waals surface area contributed by atoms with E-state index in [1.54, 1.807) is 13.4 Å². The van der Waals surface area contributed by atoms with Crippen molar-refractivity contribution in [1.29, 1.82) is 0 Å². The maximum atomic E-state index is 13.3. The summed E-state index contributed by atoms with van der Waals surface area (Å²) in [6.45, 7) is 5.71. The third-order valence-corrected chi connectivity index (χ3v) is 5.43. The van der Waals surface area contributed by atoms with Gasteiger partial charge in [-0.1, -0.05) is 19.3 Å². The van der Waals surface area contributed by atoms with E-state index in [4.69, 9.17) is 9.15 Å². The monoisotopic (exact) mass is 358 g/mol. The van der Waals surface area contributed by atoms with E-state index in [0.717, 1.165) is 17.0 Å². The Morgan fingerprint density at radius 3 is 2.73 bits per heavy atom. The Bertz CT molecular complexity index is 712. The maximum absolute atomic E-state index is 13.3. The molecule has 2 aromatic heterocycles. The number of hydrogen-bond donors (Lipinski definition) is 0. The summed E-state index contributed by atoms with van der Waals surface area (Å²) in [7, 11) is 1.66. The van der Waals surface area contributed by atoms with E-state index in [-0.39, 0.29) is 5.91 Å². The van der Waals surface area contributed by atoms with Gasteiger partial charge in [0, 0.05) is 31.1 Å². The minimum atomic E-state index is 0.0496. The van der Waals surface area contributed by atoms with E-state index in [0.29, 0.717) is 25.7 Å². The second-order valence-corrected chi connectivity index (χ2v) is 7.25. The SMILES string of the molecule is COCCN(Cc1ccco1)C(=O)c1cc(C)n(C2CCCCC2)c1C. The largest absolute Gasteiger partial charge is 0.467 e. The number of amides is 1. The van der Waals surface area contributed by atoms with Crippen LogP contribution in [0.3, 0.4) is 0 Å². The third kappa shape index (κ3) is 4.04. The van der Waals surface area contributed by atoms with E-state index in [9.17, 15) is 4.79 Å². The highest BCUT2D eigenvalue weighted by atomic mass is 16.5. The molecule has 142 valence electrons. The minimum absolute atomic E-state index is 0.0496. The summed E-state index contributed by atoms with van der Waals surface area (Å²) in [5, 5.41) is 0. The van der Waals surface area contributed by atoms with E-state index in [2.05, 4.69) is 18.4 Å². The van der Waals surface area contributed by atoms with Gasteiger partial charge in [0.1, 0.15) is 5.76 Å². The van der Waals surface area contributed by atoms with Gasteiger partial charge in [0.05, 0.1) is 25.0 Å². The van der Waals surface area contributed by atoms with E-state index >= 15 is 0 Å². The molecule has 1 aliphatic carbocycles. The number of aryl methyl sites for hydroxylation is 1. The highest BCUT2D eigenvalue weighted by Crippen LogP contribution is 2.32. The summed E-state index contributed by atoms with van der Waals surface area (Å²) in [4.78, 5) is 15.1. The maximum Gasteiger partial charge on any atom is 0.256 e. The number of ether oxygens (including phenoxy) is 1. The van der Waals surface area contributed by atoms with Crippen LogP contribution >= 0.6 is 0 Å². The second-order valence-electron chi connectivity index (χ2n) is 7.25. The Morgan fingerprint density at radius 2 is 2.08 bits per heavy atom. The van der Waals surface area contributed by atoms with Crippen molar-refractivity contribution in [3.63, 3.8) is 0 Å². The van der Waals surface area contributed by atoms with Gasteiger partial charge in [-0.25, -0.2) is 0 Å². The van der Waals surface area contributed by atoms with Gasteiger partial charge in [-0.05, 0) is 44.9 Å². The standard InChI is InChI=1S/C21H30N2O3/c1-16-14-20(17(2)23(16)18-8-5-4-6-9-18)21(24)22(11-13-25-3)15-19-10-7-12-26-19/h7,10,12,14,18H,4-6,8-9,11,13,15H2,1-3H3. The number of carbonyl (C=O) groups is 1. The quantitative estimate of drug-likeness (QED) is 0.732. The first kappa shape index (κ1) is 18.8. The zero-order valence-corrected chi connectivity index (χ0v) is 16.2. The summed E-state index contributed by atoms with van der Waals surface area (Å²) >= 11 is 0. The summed E-state index contributed by atoms with van der Waals surface area (Å²) in [6.07, 6.45) is 7.96. The Kier molecular flexibility index (Phi) is 6.20. The lowest BCUT2D eigenvalue weighted by molar-refractivity contribution is 0.0665. The molecule has 0 spiro atoms. The first-order valence-electron chi connectivity index (χ1n) is 9.61. The van der Waals surface area contributed by atoms with Gasteiger partial charge in [-0.15, -0.1) is 0 Å². The van der Waals surface area contributed by atoms with Crippen LogP contribution in [0.4, 0.5) is 0 Å². The van der Waals surface area contributed by atoms with Crippen LogP contribution in [-0.4, -0.2) is 35.6 Å². The van der Waals surface area contributed by atoms with Crippen LogP contribution in [0.1, 0.15) is 65.7 Å². The van der Waals surface area contributed by atoms with Crippen LogP contribution < -0.4 is 0 Å². The van der Waals surface area contributed by atoms with Crippen LogP contribution in [0.25, 0.3) is 0 Å². The van der Waals surface area contributed by atoms with Crippen molar-refractivity contribution in [3.05, 3.63) is 47.2 Å². The predicted molar refractivity (Wildman–Crippen MR) is 101 cm³/mol. The molecule has 0 N–H and O–H groups in total. The van der Waals surface area contributed by atoms with Crippen molar-refractivity contribution >= 4 is 5.91 Å². The van der Waals surface area contributed by atoms with Crippen molar-refractivity contribution in [1.82, 2.24) is 9.47 Å². The zero-order chi connectivity index (χ0) is 18.5. The molecule has 2 heterocycles. The molecule has 5 heteroatoms. The Balaban J connectivity index is 1.83. The van der Waals surface area contributed by atoms with Crippen molar-refractivity contribution in [2.24, 2.45) is 0 Å². The van der Waals surface area contributed by atoms with E-state index < -0.39 is 0 Å². The normalized spacial score (nSPS) is 15.3. The van der Waals surface area contributed by atoms with Gasteiger partial charge >= 0.3 is 0 Å². The van der Waals surface area contributed by atoms with Gasteiger partial charge in [0.25, 0.3) is 5.91 Å². The first-order chi connectivity index (χ1) is 12.6. The molecular formula is C21H30N2O3. The molecule has 0 aromatic carbocycles. The fourth-order valence-corrected chi connectivity index (χ4v) is 4.11. The molecular weight excluding hydrogens is 328 g/mol. The Labute approximate surface area is 155 Å². The number of aromatic nitrogens is 1. The summed E-state index contributed by atoms with van der Waals surface area (Å²) in [5.74, 6) is 0.837. The summed E-state index contributed by atoms with van der Waals surface area (Å²) in [6, 6.07) is 6.33. The molecule has 0 radical (unpaired) electrons. The molecule has 2 aromatic rings. The fraction of sp³-hybridized carbons (Fsp3) is 0.571. The molecule has 0 bridgehead atoms. The molecule has 26 heavy (non-hydrogen) atoms. The molecule has 1 saturated carbocycles. The molecule has 0 aliphatic heterocycles. The average Bonchev–Trinajstić information content (AvgIpc) is 3.26. The molecule has 0 saturated heterocycles. The first-order valence-corrected chi connectivity index (χ1v) is 9.61. The minimum Gasteiger partial charge on any atom is -0.467 e. The van der Waals surface area contributed by atoms with Crippen LogP contribution in [0.5, 0.6) is 0 Å². The lowest BCUT2D eigenvalue weighted by atomic mass is 9.95. The highest BCUT2D eigenvalue weighted by Gasteiger charge is 2.25. The number of furan rings is 1. The Morgan fingerprint density at radius 1 is 1.31 bits per heavy atom. The van der Waals surface area contributed by atoms with Gasteiger partial charge in [0.15, 0.2) is 0 Å². The fourth-order valence-electron chi connectivity index (χ4n) is 4.11. The van der Waals surface area contributed by atoms with Gasteiger partial charge in [0.2, 0.25) is 0 Å². The zero-order valence-electron chi connectivity index (χ0n) is 16.2. The van der Waals surface area contributed by atoms with Crippen molar-refractivity contribution in [3.8, 4) is 0 Å². The van der Waals surface area contributed by atoms with Gasteiger partial charge in [-0.3, -0.25) is 4.79 Å². The molecule has 3 rings (SSSR count). The number of nitrogens with zero attached hydrogens (tertiary/aromatic N) is 2. The smallest absolute Gasteiger partial charge is 0.256 e. The topological polar surface area (TPSA) is 47.6 Å². The third-order valence-electron chi connectivity index (χ3n) is 5.43. The van der Waals surface area contributed by atoms with Crippen LogP contribution in [-0.2, 0) is 11.3 Å². The van der Waals surface area contributed by atoms with E-state index in [1.165, 1.54) is 37.8 Å². The van der Waals surface area contributed by atoms with Crippen LogP contribution in [0, 0.1) is 13.8 Å². The number of rotatable bonds is 7. The van der Waals surface area contributed by atoms with E-state index in [1.807, 2.05) is 23.1 Å². The van der Waals surface area contributed by atoms with Crippen molar-refractivity contribution in [2.75, 3.05) is 20.3 Å². The molecule has 5 nitrogen and oxygen atoms in total. The number of methoxy groups -OCH3 is 1. The predicted octanol–water partition coefficient (Wildman–Crippen LogP) is 4.49. The molecule has 0 unspecified atom stereocenters. The summed E-state index contributed by atoms with van der Waals surface area (Å²) < 4.78 is 13.0. The van der Waals surface area contributed by atoms with Gasteiger partial charge in [-0.2, -0.15) is 0 Å². The van der Waals surface area contributed by atoms with Gasteiger partial charge < -0.3 is 18.6 Å². The van der Waals surface area contributed by atoms with Crippen LogP contribution in [0.15, 0.2) is 28.9 Å². The highest BCUT2D eigenvalue weighted by molar-refractivity contribution is 5.95. The Hall–Kier alpha value is -2.01. The lowest BCUT2D eigenvalue weighted by Crippen LogP contribution is -2.33. The number of hydrogen-bond acceptors (Lipinski definition) is 3. The molecule has 0 atom stereocenters. The lowest BCUT2D eigenvalue weighted by Gasteiger charge is -2.27. The molecule has 1 aliphatic rings. The average molecular weight is 358 g/mol. The molecule has 1 amide bonds. The second kappa shape index (κ2) is 8.58. The van der Waals surface area contributed by atoms with Crippen molar-refractivity contribution in [2.45, 2.75) is 58.5 Å². The van der Waals surface area contributed by atoms with Crippen molar-refractivity contribution < 1.29 is 13.9 Å². The number of carbonyl (C=O) groups excluding carboxylic acids is 1. The summed E-state index contributed by atoms with van der Waals surface area (Å²) in [5.41, 5.74) is 3.07. The van der Waals surface area contributed by atoms with Crippen LogP contribution in [0.2, 0.25) is 0 Å². The molecule has 1 fully saturated rings.